The van der Waals surface area contributed by atoms with Gasteiger partial charge in [0.2, 0.25) is 0 Å². The largest absolute Gasteiger partial charge is 0.489 e. The third-order valence-electron chi connectivity index (χ3n) is 4.41. The minimum absolute atomic E-state index is 0.124. The predicted octanol–water partition coefficient (Wildman–Crippen LogP) is 5.27. The van der Waals surface area contributed by atoms with Crippen LogP contribution in [0.25, 0.3) is 0 Å². The summed E-state index contributed by atoms with van der Waals surface area (Å²) in [6, 6.07) is 23.4. The molecule has 4 nitrogen and oxygen atoms in total. The Morgan fingerprint density at radius 2 is 1.45 bits per heavy atom. The first kappa shape index (κ1) is 22.4. The van der Waals surface area contributed by atoms with Gasteiger partial charge in [-0.25, -0.2) is 0 Å². The van der Waals surface area contributed by atoms with Gasteiger partial charge in [0.15, 0.2) is 0 Å². The van der Waals surface area contributed by atoms with Crippen LogP contribution >= 0.6 is 0 Å². The maximum Gasteiger partial charge on any atom is 0.411 e. The molecule has 0 fully saturated rings. The van der Waals surface area contributed by atoms with E-state index in [0.29, 0.717) is 11.1 Å². The van der Waals surface area contributed by atoms with Gasteiger partial charge in [0.1, 0.15) is 19.0 Å². The summed E-state index contributed by atoms with van der Waals surface area (Å²) in [5, 5.41) is 2.86. The van der Waals surface area contributed by atoms with Crippen molar-refractivity contribution < 1.29 is 27.4 Å². The van der Waals surface area contributed by atoms with Crippen LogP contribution in [-0.2, 0) is 24.5 Å². The second kappa shape index (κ2) is 10.6. The maximum absolute atomic E-state index is 12.7. The molecule has 1 amide bonds. The van der Waals surface area contributed by atoms with Crippen LogP contribution in [0.5, 0.6) is 5.75 Å². The van der Waals surface area contributed by atoms with E-state index in [1.165, 1.54) is 0 Å². The number of carbonyl (C=O) groups excluding carboxylic acids is 1. The van der Waals surface area contributed by atoms with Crippen molar-refractivity contribution in [3.63, 3.8) is 0 Å². The highest BCUT2D eigenvalue weighted by Crippen LogP contribution is 2.17. The maximum atomic E-state index is 12.7. The molecule has 0 saturated carbocycles. The van der Waals surface area contributed by atoms with Gasteiger partial charge in [0, 0.05) is 17.7 Å². The number of hydrogen-bond donors (Lipinski definition) is 1. The number of carbonyl (C=O) groups is 1. The van der Waals surface area contributed by atoms with E-state index in [1.807, 2.05) is 42.5 Å². The van der Waals surface area contributed by atoms with Crippen molar-refractivity contribution in [1.29, 1.82) is 0 Å². The zero-order chi connectivity index (χ0) is 22.1. The molecule has 162 valence electrons. The van der Waals surface area contributed by atoms with Crippen molar-refractivity contribution in [1.82, 2.24) is 5.32 Å². The fraction of sp³-hybridized carbons (Fsp3) is 0.208. The lowest BCUT2D eigenvalue weighted by Gasteiger charge is -2.12. The minimum Gasteiger partial charge on any atom is -0.489 e. The second-order valence-corrected chi connectivity index (χ2v) is 6.87. The number of hydrogen-bond acceptors (Lipinski definition) is 3. The highest BCUT2D eigenvalue weighted by atomic mass is 19.4. The molecule has 1 N–H and O–H groups in total. The van der Waals surface area contributed by atoms with Gasteiger partial charge in [0.05, 0.1) is 6.61 Å². The zero-order valence-corrected chi connectivity index (χ0v) is 16.7. The minimum atomic E-state index is -4.34. The first-order valence-corrected chi connectivity index (χ1v) is 9.67. The molecular weight excluding hydrogens is 407 g/mol. The van der Waals surface area contributed by atoms with E-state index in [2.05, 4.69) is 10.1 Å². The summed E-state index contributed by atoms with van der Waals surface area (Å²) < 4.78 is 46.8. The quantitative estimate of drug-likeness (QED) is 0.504. The van der Waals surface area contributed by atoms with Crippen LogP contribution in [0.2, 0.25) is 0 Å². The summed E-state index contributed by atoms with van der Waals surface area (Å²) in [4.78, 5) is 12.7. The van der Waals surface area contributed by atoms with E-state index in [4.69, 9.17) is 4.74 Å². The Hall–Kier alpha value is -3.32. The Labute approximate surface area is 178 Å². The number of halogens is 3. The molecule has 3 aromatic rings. The summed E-state index contributed by atoms with van der Waals surface area (Å²) in [6.07, 6.45) is -4.34. The molecule has 0 spiro atoms. The van der Waals surface area contributed by atoms with Crippen LogP contribution < -0.4 is 10.1 Å². The molecule has 0 aliphatic rings. The Kier molecular flexibility index (Phi) is 7.67. The number of alkyl halides is 3. The molecule has 0 bridgehead atoms. The standard InChI is InChI=1S/C24H22F3NO3/c25-24(26,27)17-30-15-19-12-10-18(11-13-19)14-28-23(29)22-9-5-4-6-20(22)16-31-21-7-2-1-3-8-21/h1-13H,14-17H2,(H,28,29). The number of amides is 1. The van der Waals surface area contributed by atoms with Gasteiger partial charge in [-0.2, -0.15) is 13.2 Å². The normalized spacial score (nSPS) is 11.2. The predicted molar refractivity (Wildman–Crippen MR) is 111 cm³/mol. The third kappa shape index (κ3) is 7.46. The fourth-order valence-corrected chi connectivity index (χ4v) is 2.86. The smallest absolute Gasteiger partial charge is 0.411 e. The van der Waals surface area contributed by atoms with Crippen molar-refractivity contribution >= 4 is 5.91 Å². The Balaban J connectivity index is 1.52. The van der Waals surface area contributed by atoms with Crippen LogP contribution in [-0.4, -0.2) is 18.7 Å². The van der Waals surface area contributed by atoms with Gasteiger partial charge in [0.25, 0.3) is 5.91 Å². The Morgan fingerprint density at radius 1 is 0.806 bits per heavy atom. The molecule has 3 rings (SSSR count). The number of para-hydroxylation sites is 1. The average molecular weight is 429 g/mol. The molecule has 7 heteroatoms. The van der Waals surface area contributed by atoms with Crippen LogP contribution in [0.1, 0.15) is 27.0 Å². The van der Waals surface area contributed by atoms with E-state index < -0.39 is 12.8 Å². The SMILES string of the molecule is O=C(NCc1ccc(COCC(F)(F)F)cc1)c1ccccc1COc1ccccc1. The molecule has 0 aromatic heterocycles. The van der Waals surface area contributed by atoms with Gasteiger partial charge in [-0.15, -0.1) is 0 Å². The summed E-state index contributed by atoms with van der Waals surface area (Å²) in [5.41, 5.74) is 2.74. The highest BCUT2D eigenvalue weighted by Gasteiger charge is 2.27. The van der Waals surface area contributed by atoms with Gasteiger partial charge in [-0.3, -0.25) is 4.79 Å². The first-order chi connectivity index (χ1) is 14.9. The lowest BCUT2D eigenvalue weighted by molar-refractivity contribution is -0.176. The van der Waals surface area contributed by atoms with Crippen molar-refractivity contribution in [3.05, 3.63) is 101 Å². The fourth-order valence-electron chi connectivity index (χ4n) is 2.86. The van der Waals surface area contributed by atoms with E-state index in [-0.39, 0.29) is 25.7 Å². The third-order valence-corrected chi connectivity index (χ3v) is 4.41. The number of benzene rings is 3. The zero-order valence-electron chi connectivity index (χ0n) is 16.7. The topological polar surface area (TPSA) is 47.6 Å². The van der Waals surface area contributed by atoms with Crippen molar-refractivity contribution in [3.8, 4) is 5.75 Å². The molecule has 0 aliphatic heterocycles. The van der Waals surface area contributed by atoms with E-state index in [9.17, 15) is 18.0 Å². The first-order valence-electron chi connectivity index (χ1n) is 9.67. The lowest BCUT2D eigenvalue weighted by atomic mass is 10.1. The van der Waals surface area contributed by atoms with Crippen molar-refractivity contribution in [2.75, 3.05) is 6.61 Å². The van der Waals surface area contributed by atoms with E-state index in [0.717, 1.165) is 16.9 Å². The molecule has 0 aliphatic carbocycles. The number of nitrogens with one attached hydrogen (secondary N) is 1. The van der Waals surface area contributed by atoms with E-state index in [1.54, 1.807) is 36.4 Å². The Morgan fingerprint density at radius 3 is 2.16 bits per heavy atom. The summed E-state index contributed by atoms with van der Waals surface area (Å²) in [5.74, 6) is 0.488. The van der Waals surface area contributed by atoms with Crippen LogP contribution in [0.3, 0.4) is 0 Å². The van der Waals surface area contributed by atoms with Gasteiger partial charge < -0.3 is 14.8 Å². The van der Waals surface area contributed by atoms with Crippen molar-refractivity contribution in [2.24, 2.45) is 0 Å². The second-order valence-electron chi connectivity index (χ2n) is 6.87. The lowest BCUT2D eigenvalue weighted by Crippen LogP contribution is -2.24. The molecule has 0 atom stereocenters. The molecule has 0 unspecified atom stereocenters. The molecule has 0 heterocycles. The van der Waals surface area contributed by atoms with Gasteiger partial charge in [-0.05, 0) is 29.3 Å². The summed E-state index contributed by atoms with van der Waals surface area (Å²) in [6.45, 7) is -0.851. The van der Waals surface area contributed by atoms with Crippen LogP contribution in [0.4, 0.5) is 13.2 Å². The van der Waals surface area contributed by atoms with Gasteiger partial charge in [-0.1, -0.05) is 60.7 Å². The molecule has 0 radical (unpaired) electrons. The molecule has 0 saturated heterocycles. The summed E-state index contributed by atoms with van der Waals surface area (Å²) in [7, 11) is 0. The molecule has 3 aromatic carbocycles. The Bertz CT molecular complexity index is 973. The van der Waals surface area contributed by atoms with Crippen molar-refractivity contribution in [2.45, 2.75) is 25.9 Å². The van der Waals surface area contributed by atoms with Crippen LogP contribution in [0, 0.1) is 0 Å². The highest BCUT2D eigenvalue weighted by molar-refractivity contribution is 5.95. The number of ether oxygens (including phenoxy) is 2. The monoisotopic (exact) mass is 429 g/mol. The number of rotatable bonds is 9. The van der Waals surface area contributed by atoms with Gasteiger partial charge >= 0.3 is 6.18 Å². The summed E-state index contributed by atoms with van der Waals surface area (Å²) >= 11 is 0. The molecular formula is C24H22F3NO3. The average Bonchev–Trinajstić information content (AvgIpc) is 2.77. The molecule has 31 heavy (non-hydrogen) atoms. The van der Waals surface area contributed by atoms with E-state index >= 15 is 0 Å². The van der Waals surface area contributed by atoms with Crippen LogP contribution in [0.15, 0.2) is 78.9 Å².